The number of carbonyl (C=O) groups excluding carboxylic acids is 2. The van der Waals surface area contributed by atoms with Crippen LogP contribution in [0.5, 0.6) is 0 Å². The van der Waals surface area contributed by atoms with Crippen LogP contribution in [-0.4, -0.2) is 52.2 Å². The molecule has 214 valence electrons. The van der Waals surface area contributed by atoms with Gasteiger partial charge in [-0.1, -0.05) is 91.0 Å². The molecule has 0 saturated heterocycles. The van der Waals surface area contributed by atoms with E-state index in [2.05, 4.69) is 77.8 Å². The van der Waals surface area contributed by atoms with E-state index in [4.69, 9.17) is 19.7 Å². The van der Waals surface area contributed by atoms with Crippen LogP contribution >= 0.6 is 0 Å². The number of ether oxygens (including phenoxy) is 2. The third kappa shape index (κ3) is 4.66. The smallest absolute Gasteiger partial charge is 0.356 e. The highest BCUT2D eigenvalue weighted by atomic mass is 16.5. The van der Waals surface area contributed by atoms with E-state index in [-0.39, 0.29) is 25.7 Å². The van der Waals surface area contributed by atoms with Crippen LogP contribution < -0.4 is 0 Å². The average Bonchev–Trinajstić information content (AvgIpc) is 3.61. The van der Waals surface area contributed by atoms with E-state index in [1.54, 1.807) is 13.8 Å². The van der Waals surface area contributed by atoms with E-state index in [1.165, 1.54) is 4.68 Å². The highest BCUT2D eigenvalue weighted by Crippen LogP contribution is 2.47. The quantitative estimate of drug-likeness (QED) is 0.203. The Bertz CT molecular complexity index is 1500. The Morgan fingerprint density at radius 1 is 0.810 bits per heavy atom. The van der Waals surface area contributed by atoms with Gasteiger partial charge in [0, 0.05) is 11.3 Å². The Kier molecular flexibility index (Phi) is 7.61. The molecule has 3 aromatic carbocycles. The van der Waals surface area contributed by atoms with Crippen LogP contribution in [0.4, 0.5) is 0 Å². The molecule has 6 rings (SSSR count). The van der Waals surface area contributed by atoms with Crippen molar-refractivity contribution in [2.45, 2.75) is 44.7 Å². The maximum Gasteiger partial charge on any atom is 0.356 e. The van der Waals surface area contributed by atoms with Crippen LogP contribution in [0.2, 0.25) is 0 Å². The topological polar surface area (TPSA) is 86.0 Å². The molecule has 1 aromatic heterocycles. The van der Waals surface area contributed by atoms with E-state index in [0.717, 1.165) is 33.7 Å². The molecule has 1 aliphatic heterocycles. The van der Waals surface area contributed by atoms with Crippen molar-refractivity contribution < 1.29 is 19.1 Å². The molecule has 1 atom stereocenters. The van der Waals surface area contributed by atoms with Crippen molar-refractivity contribution in [1.29, 1.82) is 0 Å². The number of hydrogen-bond donors (Lipinski definition) is 0. The van der Waals surface area contributed by atoms with Gasteiger partial charge >= 0.3 is 11.9 Å². The summed E-state index contributed by atoms with van der Waals surface area (Å²) >= 11 is 0. The first-order valence-electron chi connectivity index (χ1n) is 14.5. The Morgan fingerprint density at radius 3 is 1.88 bits per heavy atom. The lowest BCUT2D eigenvalue weighted by atomic mass is 9.76. The van der Waals surface area contributed by atoms with Crippen LogP contribution in [0.25, 0.3) is 0 Å². The van der Waals surface area contributed by atoms with Gasteiger partial charge in [-0.05, 0) is 43.4 Å². The molecule has 2 aliphatic rings. The molecule has 42 heavy (non-hydrogen) atoms. The number of hydrazone groups is 1. The fraction of sp³-hybridized carbons (Fsp3) is 0.294. The van der Waals surface area contributed by atoms with Gasteiger partial charge in [0.2, 0.25) is 0 Å². The largest absolute Gasteiger partial charge is 0.465 e. The first kappa shape index (κ1) is 27.4. The Balaban J connectivity index is 1.48. The zero-order valence-electron chi connectivity index (χ0n) is 23.9. The van der Waals surface area contributed by atoms with Crippen molar-refractivity contribution in [3.63, 3.8) is 0 Å². The van der Waals surface area contributed by atoms with Gasteiger partial charge in [0.05, 0.1) is 31.4 Å². The standard InChI is InChI=1S/C34H34N4O4/c1-3-41-30(39)23-37-32(33(40)42-4-2)27-20-21-29-28(31(27)36-37)22-38(35-29)34(24-14-8-5-9-15-24,25-16-10-6-11-17-25)26-18-12-7-13-19-26/h5-19,28H,3-4,20-23H2,1-2H3. The summed E-state index contributed by atoms with van der Waals surface area (Å²) in [6.45, 7) is 4.41. The van der Waals surface area contributed by atoms with E-state index in [1.807, 2.05) is 18.2 Å². The number of esters is 2. The minimum absolute atomic E-state index is 0.138. The molecule has 0 amide bonds. The maximum absolute atomic E-state index is 13.1. The van der Waals surface area contributed by atoms with Gasteiger partial charge in [0.1, 0.15) is 12.1 Å². The van der Waals surface area contributed by atoms with Crippen molar-refractivity contribution >= 4 is 17.7 Å². The van der Waals surface area contributed by atoms with Gasteiger partial charge in [-0.2, -0.15) is 10.2 Å². The fourth-order valence-electron chi connectivity index (χ4n) is 6.38. The molecule has 0 fully saturated rings. The predicted molar refractivity (Wildman–Crippen MR) is 159 cm³/mol. The summed E-state index contributed by atoms with van der Waals surface area (Å²) in [5, 5.41) is 12.4. The van der Waals surface area contributed by atoms with Crippen LogP contribution in [-0.2, 0) is 32.8 Å². The third-order valence-corrected chi connectivity index (χ3v) is 8.06. The molecule has 8 heteroatoms. The maximum atomic E-state index is 13.1. The summed E-state index contributed by atoms with van der Waals surface area (Å²) in [5.74, 6) is -1.06. The zero-order chi connectivity index (χ0) is 29.1. The zero-order valence-corrected chi connectivity index (χ0v) is 23.9. The summed E-state index contributed by atoms with van der Waals surface area (Å²) in [5.41, 5.74) is 5.56. The molecule has 0 saturated carbocycles. The first-order chi connectivity index (χ1) is 20.6. The number of carbonyl (C=O) groups is 2. The van der Waals surface area contributed by atoms with Gasteiger partial charge in [0.15, 0.2) is 5.69 Å². The molecule has 2 heterocycles. The Morgan fingerprint density at radius 2 is 1.36 bits per heavy atom. The molecular formula is C34H34N4O4. The number of hydrogen-bond acceptors (Lipinski definition) is 7. The number of aromatic nitrogens is 2. The van der Waals surface area contributed by atoms with E-state index in [9.17, 15) is 9.59 Å². The molecular weight excluding hydrogens is 528 g/mol. The summed E-state index contributed by atoms with van der Waals surface area (Å²) in [6.07, 6.45) is 1.27. The third-order valence-electron chi connectivity index (χ3n) is 8.06. The second-order valence-electron chi connectivity index (χ2n) is 10.4. The summed E-state index contributed by atoms with van der Waals surface area (Å²) in [7, 11) is 0. The highest BCUT2D eigenvalue weighted by Gasteiger charge is 2.48. The molecule has 1 unspecified atom stereocenters. The van der Waals surface area contributed by atoms with Crippen molar-refractivity contribution in [2.75, 3.05) is 19.8 Å². The van der Waals surface area contributed by atoms with Crippen LogP contribution in [0.15, 0.2) is 96.1 Å². The van der Waals surface area contributed by atoms with Crippen LogP contribution in [0.1, 0.15) is 64.6 Å². The summed E-state index contributed by atoms with van der Waals surface area (Å²) < 4.78 is 12.0. The highest BCUT2D eigenvalue weighted by molar-refractivity contribution is 5.97. The van der Waals surface area contributed by atoms with E-state index in [0.29, 0.717) is 25.1 Å². The van der Waals surface area contributed by atoms with E-state index < -0.39 is 17.5 Å². The van der Waals surface area contributed by atoms with Crippen LogP contribution in [0, 0.1) is 0 Å². The lowest BCUT2D eigenvalue weighted by Gasteiger charge is -2.42. The monoisotopic (exact) mass is 562 g/mol. The molecule has 0 bridgehead atoms. The molecule has 1 aliphatic carbocycles. The molecule has 8 nitrogen and oxygen atoms in total. The fourth-order valence-corrected chi connectivity index (χ4v) is 6.38. The number of benzene rings is 3. The van der Waals surface area contributed by atoms with Crippen LogP contribution in [0.3, 0.4) is 0 Å². The Hall–Kier alpha value is -4.72. The average molecular weight is 563 g/mol. The SMILES string of the molecule is CCOC(=O)Cn1nc2c(c1C(=O)OCC)CCC1=NN(C(c3ccccc3)(c3ccccc3)c3ccccc3)CC12. The second-order valence-corrected chi connectivity index (χ2v) is 10.4. The number of nitrogens with zero attached hydrogens (tertiary/aromatic N) is 4. The first-order valence-corrected chi connectivity index (χ1v) is 14.5. The van der Waals surface area contributed by atoms with E-state index >= 15 is 0 Å². The second kappa shape index (κ2) is 11.6. The molecule has 0 radical (unpaired) electrons. The normalized spacial score (nSPS) is 15.9. The molecule has 4 aromatic rings. The summed E-state index contributed by atoms with van der Waals surface area (Å²) in [4.78, 5) is 25.6. The summed E-state index contributed by atoms with van der Waals surface area (Å²) in [6, 6.07) is 31.4. The predicted octanol–water partition coefficient (Wildman–Crippen LogP) is 5.32. The Labute approximate surface area is 245 Å². The van der Waals surface area contributed by atoms with Gasteiger partial charge in [-0.3, -0.25) is 9.80 Å². The lowest BCUT2D eigenvalue weighted by Crippen LogP contribution is -2.45. The van der Waals surface area contributed by atoms with Gasteiger partial charge in [-0.25, -0.2) is 9.48 Å². The minimum Gasteiger partial charge on any atom is -0.465 e. The number of rotatable bonds is 9. The lowest BCUT2D eigenvalue weighted by molar-refractivity contribution is -0.144. The van der Waals surface area contributed by atoms with Gasteiger partial charge in [0.25, 0.3) is 0 Å². The minimum atomic E-state index is -0.703. The van der Waals surface area contributed by atoms with Crippen molar-refractivity contribution in [3.05, 3.63) is 125 Å². The molecule has 0 N–H and O–H groups in total. The van der Waals surface area contributed by atoms with Gasteiger partial charge < -0.3 is 9.47 Å². The molecule has 0 spiro atoms. The van der Waals surface area contributed by atoms with Crippen molar-refractivity contribution in [1.82, 2.24) is 14.8 Å². The van der Waals surface area contributed by atoms with Gasteiger partial charge in [-0.15, -0.1) is 0 Å². The van der Waals surface area contributed by atoms with Crippen molar-refractivity contribution in [2.24, 2.45) is 5.10 Å². The number of fused-ring (bicyclic) bond motifs is 3. The van der Waals surface area contributed by atoms with Crippen molar-refractivity contribution in [3.8, 4) is 0 Å².